The first-order chi connectivity index (χ1) is 22.8. The Morgan fingerprint density at radius 2 is 1.75 bits per heavy atom. The number of nitrogens with one attached hydrogen (secondary N) is 1. The minimum Gasteiger partial charge on any atom is -0.497 e. The van der Waals surface area contributed by atoms with Crippen molar-refractivity contribution in [2.45, 2.75) is 33.9 Å². The number of pyridine rings is 1. The first-order valence-electron chi connectivity index (χ1n) is 15.0. The number of morpholine rings is 1. The van der Waals surface area contributed by atoms with Gasteiger partial charge in [0.1, 0.15) is 29.5 Å². The zero-order chi connectivity index (χ0) is 35.0. The highest BCUT2D eigenvalue weighted by Crippen LogP contribution is 2.33. The van der Waals surface area contributed by atoms with Gasteiger partial charge in [0.15, 0.2) is 11.5 Å². The molecule has 0 spiro atoms. The summed E-state index contributed by atoms with van der Waals surface area (Å²) < 4.78 is 64.3. The summed E-state index contributed by atoms with van der Waals surface area (Å²) >= 11 is 0. The molecule has 3 heterocycles. The van der Waals surface area contributed by atoms with Gasteiger partial charge in [0.05, 0.1) is 27.4 Å². The molecule has 2 aromatic heterocycles. The molecule has 4 rings (SSSR count). The number of nitrogens with zero attached hydrogens (tertiary/aromatic N) is 5. The largest absolute Gasteiger partial charge is 0.497 e. The minimum atomic E-state index is -4.72. The van der Waals surface area contributed by atoms with E-state index in [9.17, 15) is 23.1 Å². The van der Waals surface area contributed by atoms with E-state index < -0.39 is 17.8 Å². The van der Waals surface area contributed by atoms with E-state index in [1.807, 2.05) is 0 Å². The fourth-order valence-electron chi connectivity index (χ4n) is 4.85. The van der Waals surface area contributed by atoms with Gasteiger partial charge < -0.3 is 29.4 Å². The molecule has 1 fully saturated rings. The monoisotopic (exact) mass is 672 g/mol. The highest BCUT2D eigenvalue weighted by atomic mass is 19.4. The number of allylic oxidation sites excluding steroid dienone is 3. The van der Waals surface area contributed by atoms with Crippen molar-refractivity contribution in [2.75, 3.05) is 59.0 Å². The smallest absolute Gasteiger partial charge is 0.435 e. The third-order valence-electron chi connectivity index (χ3n) is 7.15. The standard InChI is InChI=1S/C33H39F3N6O6/c1-20(2)13-27(23-15-28(32(43)44)31(37-19-23)48-12-9-41-7-10-47-11-8-41)30(42-21(3)14-29(40-42)33(34,35)36)39-22(4)38-24-16-25(45-5)18-26(17-24)46-6/h13-19H,7-12H2,1-6H3,(H,38,39)(H,43,44)/b30-27-. The predicted molar refractivity (Wildman–Crippen MR) is 175 cm³/mol. The summed E-state index contributed by atoms with van der Waals surface area (Å²) in [6.45, 7) is 10.1. The highest BCUT2D eigenvalue weighted by Gasteiger charge is 2.35. The lowest BCUT2D eigenvalue weighted by Gasteiger charge is -2.26. The van der Waals surface area contributed by atoms with E-state index >= 15 is 0 Å². The van der Waals surface area contributed by atoms with E-state index in [1.54, 1.807) is 45.0 Å². The fourth-order valence-corrected chi connectivity index (χ4v) is 4.85. The Labute approximate surface area is 276 Å². The maximum Gasteiger partial charge on any atom is 0.435 e. The van der Waals surface area contributed by atoms with Crippen molar-refractivity contribution < 1.29 is 42.0 Å². The van der Waals surface area contributed by atoms with Crippen molar-refractivity contribution in [2.24, 2.45) is 4.99 Å². The molecule has 1 aliphatic rings. The number of aromatic carboxylic acids is 1. The SMILES string of the molecule is COc1cc(N/C(C)=N/C(=C(\C=C(C)C)c2cnc(OCCN3CCOCC3)c(C(=O)O)c2)n2nc(C(F)(F)F)cc2C)cc(OC)c1. The second-order valence-corrected chi connectivity index (χ2v) is 11.1. The molecule has 0 unspecified atom stereocenters. The maximum absolute atomic E-state index is 13.8. The Bertz CT molecular complexity index is 1680. The molecule has 1 saturated heterocycles. The molecule has 0 bridgehead atoms. The Balaban J connectivity index is 1.85. The number of ether oxygens (including phenoxy) is 4. The van der Waals surface area contributed by atoms with Gasteiger partial charge in [-0.3, -0.25) is 4.90 Å². The summed E-state index contributed by atoms with van der Waals surface area (Å²) in [5.74, 6) is -0.0979. The van der Waals surface area contributed by atoms with Gasteiger partial charge >= 0.3 is 12.1 Å². The molecule has 2 N–H and O–H groups in total. The molecule has 1 aliphatic heterocycles. The lowest BCUT2D eigenvalue weighted by molar-refractivity contribution is -0.141. The Hall–Kier alpha value is -4.89. The molecule has 15 heteroatoms. The number of benzene rings is 1. The molecule has 0 saturated carbocycles. The van der Waals surface area contributed by atoms with Crippen LogP contribution >= 0.6 is 0 Å². The Morgan fingerprint density at radius 3 is 2.31 bits per heavy atom. The summed E-state index contributed by atoms with van der Waals surface area (Å²) in [5.41, 5.74) is 0.652. The number of aryl methyl sites for hydroxylation is 1. The number of aromatic nitrogens is 3. The molecular weight excluding hydrogens is 633 g/mol. The number of carboxylic acids is 1. The topological polar surface area (TPSA) is 133 Å². The van der Waals surface area contributed by atoms with Crippen LogP contribution in [-0.4, -0.2) is 90.3 Å². The van der Waals surface area contributed by atoms with Gasteiger partial charge in [-0.2, -0.15) is 18.3 Å². The van der Waals surface area contributed by atoms with Crippen LogP contribution in [0.3, 0.4) is 0 Å². The fraction of sp³-hybridized carbons (Fsp3) is 0.394. The van der Waals surface area contributed by atoms with E-state index in [2.05, 4.69) is 20.3 Å². The quantitative estimate of drug-likeness (QED) is 0.137. The summed E-state index contributed by atoms with van der Waals surface area (Å²) in [7, 11) is 3.01. The number of anilines is 1. The lowest BCUT2D eigenvalue weighted by Crippen LogP contribution is -2.38. The molecule has 0 atom stereocenters. The highest BCUT2D eigenvalue weighted by molar-refractivity contribution is 6.01. The average molecular weight is 673 g/mol. The lowest BCUT2D eigenvalue weighted by atomic mass is 10.0. The van der Waals surface area contributed by atoms with Crippen molar-refractivity contribution >= 4 is 28.9 Å². The summed E-state index contributed by atoms with van der Waals surface area (Å²) in [6, 6.07) is 7.36. The number of carbonyl (C=O) groups is 1. The second kappa shape index (κ2) is 15.8. The molecule has 0 amide bonds. The molecule has 12 nitrogen and oxygen atoms in total. The van der Waals surface area contributed by atoms with Crippen molar-refractivity contribution in [3.63, 3.8) is 0 Å². The molecule has 0 aliphatic carbocycles. The van der Waals surface area contributed by atoms with Gasteiger partial charge in [-0.1, -0.05) is 11.6 Å². The van der Waals surface area contributed by atoms with Gasteiger partial charge in [-0.05, 0) is 39.8 Å². The normalized spacial score (nSPS) is 14.6. The zero-order valence-electron chi connectivity index (χ0n) is 27.6. The van der Waals surface area contributed by atoms with Crippen LogP contribution < -0.4 is 19.5 Å². The molecule has 3 aromatic rings. The van der Waals surface area contributed by atoms with Crippen LogP contribution in [0.2, 0.25) is 0 Å². The second-order valence-electron chi connectivity index (χ2n) is 11.1. The summed E-state index contributed by atoms with van der Waals surface area (Å²) in [4.78, 5) is 23.6. The third-order valence-corrected chi connectivity index (χ3v) is 7.15. The Morgan fingerprint density at radius 1 is 1.08 bits per heavy atom. The number of aliphatic imine (C=N–C) groups is 1. The molecule has 1 aromatic carbocycles. The first kappa shape index (κ1) is 36.0. The number of amidine groups is 1. The van der Waals surface area contributed by atoms with Gasteiger partial charge in [-0.15, -0.1) is 0 Å². The zero-order valence-corrected chi connectivity index (χ0v) is 27.6. The minimum absolute atomic E-state index is 0.0109. The van der Waals surface area contributed by atoms with Gasteiger partial charge in [-0.25, -0.2) is 19.5 Å². The van der Waals surface area contributed by atoms with E-state index in [1.165, 1.54) is 33.4 Å². The van der Waals surface area contributed by atoms with E-state index in [0.717, 1.165) is 29.4 Å². The van der Waals surface area contributed by atoms with Gasteiger partial charge in [0, 0.05) is 66.5 Å². The average Bonchev–Trinajstić information content (AvgIpc) is 3.44. The van der Waals surface area contributed by atoms with Crippen molar-refractivity contribution in [1.82, 2.24) is 19.7 Å². The number of rotatable bonds is 12. The number of hydrogen-bond donors (Lipinski definition) is 2. The van der Waals surface area contributed by atoms with Crippen molar-refractivity contribution in [1.29, 1.82) is 0 Å². The van der Waals surface area contributed by atoms with Crippen LogP contribution in [-0.2, 0) is 10.9 Å². The number of hydrogen-bond acceptors (Lipinski definition) is 9. The number of carboxylic acid groups (broad SMARTS) is 1. The third kappa shape index (κ3) is 9.35. The molecule has 48 heavy (non-hydrogen) atoms. The Kier molecular flexibility index (Phi) is 11.8. The van der Waals surface area contributed by atoms with Crippen LogP contribution in [0, 0.1) is 6.92 Å². The summed E-state index contributed by atoms with van der Waals surface area (Å²) in [5, 5.41) is 17.1. The number of alkyl halides is 3. The van der Waals surface area contributed by atoms with E-state index in [0.29, 0.717) is 36.9 Å². The van der Waals surface area contributed by atoms with Crippen molar-refractivity contribution in [3.8, 4) is 17.4 Å². The van der Waals surface area contributed by atoms with Crippen LogP contribution in [0.1, 0.15) is 48.1 Å². The summed E-state index contributed by atoms with van der Waals surface area (Å²) in [6.07, 6.45) is -1.64. The molecule has 258 valence electrons. The van der Waals surface area contributed by atoms with E-state index in [4.69, 9.17) is 23.9 Å². The predicted octanol–water partition coefficient (Wildman–Crippen LogP) is 5.85. The van der Waals surface area contributed by atoms with Gasteiger partial charge in [0.25, 0.3) is 0 Å². The van der Waals surface area contributed by atoms with Crippen molar-refractivity contribution in [3.05, 3.63) is 70.7 Å². The van der Waals surface area contributed by atoms with Gasteiger partial charge in [0.2, 0.25) is 5.88 Å². The van der Waals surface area contributed by atoms with E-state index in [-0.39, 0.29) is 46.5 Å². The molecular formula is C33H39F3N6O6. The van der Waals surface area contributed by atoms with Crippen LogP contribution in [0.4, 0.5) is 18.9 Å². The first-order valence-corrected chi connectivity index (χ1v) is 15.0. The number of halogens is 3. The molecule has 0 radical (unpaired) electrons. The van der Waals surface area contributed by atoms with Crippen LogP contribution in [0.5, 0.6) is 17.4 Å². The van der Waals surface area contributed by atoms with Crippen LogP contribution in [0.15, 0.2) is 53.2 Å². The maximum atomic E-state index is 13.8. The van der Waals surface area contributed by atoms with Crippen LogP contribution in [0.25, 0.3) is 11.4 Å². The number of methoxy groups -OCH3 is 2.